The molecule has 0 heterocycles. The summed E-state index contributed by atoms with van der Waals surface area (Å²) in [5.41, 5.74) is 5.75. The lowest BCUT2D eigenvalue weighted by molar-refractivity contribution is 0.262. The second kappa shape index (κ2) is 3.84. The van der Waals surface area contributed by atoms with Gasteiger partial charge in [0.05, 0.1) is 10.2 Å². The van der Waals surface area contributed by atoms with Crippen molar-refractivity contribution in [2.45, 2.75) is 4.90 Å². The van der Waals surface area contributed by atoms with Crippen LogP contribution in [0.4, 0.5) is 5.69 Å². The fourth-order valence-electron chi connectivity index (χ4n) is 1.59. The molecule has 16 heavy (non-hydrogen) atoms. The van der Waals surface area contributed by atoms with Crippen LogP contribution in [0, 0.1) is 0 Å². The summed E-state index contributed by atoms with van der Waals surface area (Å²) in [6.45, 7) is 0. The van der Waals surface area contributed by atoms with Crippen molar-refractivity contribution in [3.63, 3.8) is 0 Å². The number of anilines is 1. The van der Waals surface area contributed by atoms with Gasteiger partial charge in [0.1, 0.15) is 0 Å². The largest absolute Gasteiger partial charge is 0.450 e. The van der Waals surface area contributed by atoms with Crippen LogP contribution in [0.25, 0.3) is 10.8 Å². The number of rotatable bonds is 2. The quantitative estimate of drug-likeness (QED) is 0.469. The molecular weight excluding hydrogens is 228 g/mol. The van der Waals surface area contributed by atoms with E-state index in [0.29, 0.717) is 5.39 Å². The Kier molecular flexibility index (Phi) is 2.64. The van der Waals surface area contributed by atoms with E-state index in [2.05, 4.69) is 4.28 Å². The summed E-state index contributed by atoms with van der Waals surface area (Å²) in [7, 11) is -4.00. The van der Waals surface area contributed by atoms with Gasteiger partial charge in [-0.1, -0.05) is 24.3 Å². The summed E-state index contributed by atoms with van der Waals surface area (Å²) in [4.78, 5) is -0.0897. The molecule has 0 aliphatic carbocycles. The van der Waals surface area contributed by atoms with Crippen molar-refractivity contribution in [3.05, 3.63) is 36.4 Å². The van der Waals surface area contributed by atoms with E-state index >= 15 is 0 Å². The Bertz CT molecular complexity index is 585. The molecule has 0 fully saturated rings. The van der Waals surface area contributed by atoms with Crippen molar-refractivity contribution in [2.75, 3.05) is 5.73 Å². The fourth-order valence-corrected chi connectivity index (χ4v) is 2.50. The predicted molar refractivity (Wildman–Crippen MR) is 60.6 cm³/mol. The Morgan fingerprint density at radius 3 is 2.50 bits per heavy atom. The van der Waals surface area contributed by atoms with Crippen LogP contribution in [-0.4, -0.2) is 0 Å². The van der Waals surface area contributed by atoms with Crippen LogP contribution in [0.15, 0.2) is 41.3 Å². The summed E-state index contributed by atoms with van der Waals surface area (Å²) in [5, 5.41) is 1.25. The van der Waals surface area contributed by atoms with Crippen LogP contribution >= 0.6 is 0 Å². The van der Waals surface area contributed by atoms with Crippen molar-refractivity contribution in [2.24, 2.45) is 5.90 Å². The average molecular weight is 238 g/mol. The van der Waals surface area contributed by atoms with Gasteiger partial charge in [-0.25, -0.2) is 0 Å². The Morgan fingerprint density at radius 2 is 1.81 bits per heavy atom. The molecule has 1 unspecified atom stereocenters. The molecule has 0 aliphatic heterocycles. The van der Waals surface area contributed by atoms with E-state index in [1.807, 2.05) is 0 Å². The average Bonchev–Trinajstić information content (AvgIpc) is 2.28. The highest BCUT2D eigenvalue weighted by atomic mass is 32.3. The van der Waals surface area contributed by atoms with Crippen molar-refractivity contribution in [3.8, 4) is 0 Å². The first-order valence-electron chi connectivity index (χ1n) is 4.47. The zero-order valence-corrected chi connectivity index (χ0v) is 9.07. The smallest absolute Gasteiger partial charge is 0.394 e. The lowest BCUT2D eigenvalue weighted by Gasteiger charge is -2.04. The first-order chi connectivity index (χ1) is 7.56. The summed E-state index contributed by atoms with van der Waals surface area (Å²) in [6, 6.07) is 10.2. The monoisotopic (exact) mass is 238 g/mol. The van der Waals surface area contributed by atoms with Crippen molar-refractivity contribution in [1.82, 2.24) is 0 Å². The van der Waals surface area contributed by atoms with Crippen molar-refractivity contribution in [1.29, 1.82) is 0 Å². The highest BCUT2D eigenvalue weighted by molar-refractivity contribution is 7.93. The lowest BCUT2D eigenvalue weighted by atomic mass is 10.1. The minimum atomic E-state index is -4.00. The number of fused-ring (bicyclic) bond motifs is 1. The van der Waals surface area contributed by atoms with Crippen LogP contribution in [0.1, 0.15) is 0 Å². The summed E-state index contributed by atoms with van der Waals surface area (Å²) in [6.07, 6.45) is 0. The first-order valence-corrected chi connectivity index (χ1v) is 5.87. The topological polar surface area (TPSA) is 98.2 Å². The highest BCUT2D eigenvalue weighted by Crippen LogP contribution is 2.32. The first kappa shape index (κ1) is 11.0. The number of nitrogens with two attached hydrogens (primary N) is 2. The lowest BCUT2D eigenvalue weighted by Crippen LogP contribution is -2.18. The molecule has 1 radical (unpaired) electrons. The molecule has 2 aromatic carbocycles. The van der Waals surface area contributed by atoms with Gasteiger partial charge in [-0.05, 0) is 26.0 Å². The number of hydrogen-bond donors (Lipinski definition) is 2. The van der Waals surface area contributed by atoms with Gasteiger partial charge in [-0.2, -0.15) is 5.90 Å². The molecule has 0 saturated heterocycles. The normalized spacial score (nSPS) is 14.9. The van der Waals surface area contributed by atoms with Crippen molar-refractivity contribution < 1.29 is 13.0 Å². The molecule has 0 saturated carbocycles. The maximum atomic E-state index is 11.6. The zero-order valence-electron chi connectivity index (χ0n) is 8.25. The second-order valence-corrected chi connectivity index (χ2v) is 4.76. The third-order valence-corrected chi connectivity index (χ3v) is 3.50. The van der Waals surface area contributed by atoms with Gasteiger partial charge in [0.25, 0.3) is 4.90 Å². The molecule has 0 aliphatic rings. The second-order valence-electron chi connectivity index (χ2n) is 3.26. The SMILES string of the molecule is NO[S+]([O])(=O)c1c(N)ccc2ccccc12. The van der Waals surface area contributed by atoms with E-state index in [1.165, 1.54) is 6.07 Å². The molecule has 5 nitrogen and oxygen atoms in total. The fraction of sp³-hybridized carbons (Fsp3) is 0. The maximum Gasteiger partial charge on any atom is 0.450 e. The molecule has 1 atom stereocenters. The number of nitrogen functional groups attached to an aromatic ring is 1. The molecule has 4 N–H and O–H groups in total. The van der Waals surface area contributed by atoms with Gasteiger partial charge < -0.3 is 5.73 Å². The molecule has 83 valence electrons. The minimum Gasteiger partial charge on any atom is -0.394 e. The van der Waals surface area contributed by atoms with E-state index < -0.39 is 10.5 Å². The molecule has 0 aromatic heterocycles. The molecular formula is C10H10N2O3S+. The zero-order chi connectivity index (χ0) is 11.8. The molecule has 2 rings (SSSR count). The van der Waals surface area contributed by atoms with Gasteiger partial charge >= 0.3 is 10.5 Å². The maximum absolute atomic E-state index is 11.6. The van der Waals surface area contributed by atoms with E-state index in [0.717, 1.165) is 5.39 Å². The number of benzene rings is 2. The van der Waals surface area contributed by atoms with Gasteiger partial charge in [0.15, 0.2) is 0 Å². The standard InChI is InChI=1S/C10H10N2O3S/c11-9-6-5-7-3-1-2-4-8(7)10(9)16(13,14)15-12/h1-6H,11-12H2/q+1. The Hall–Kier alpha value is -1.47. The van der Waals surface area contributed by atoms with Crippen LogP contribution in [0.3, 0.4) is 0 Å². The molecule has 2 aromatic rings. The van der Waals surface area contributed by atoms with Gasteiger partial charge in [-0.15, -0.1) is 0 Å². The Labute approximate surface area is 93.4 Å². The van der Waals surface area contributed by atoms with E-state index in [1.54, 1.807) is 30.3 Å². The van der Waals surface area contributed by atoms with Gasteiger partial charge in [0, 0.05) is 5.39 Å². The van der Waals surface area contributed by atoms with E-state index in [-0.39, 0.29) is 10.6 Å². The van der Waals surface area contributed by atoms with Crippen LogP contribution < -0.4 is 11.6 Å². The van der Waals surface area contributed by atoms with Crippen LogP contribution in [0.2, 0.25) is 0 Å². The molecule has 0 bridgehead atoms. The third-order valence-electron chi connectivity index (χ3n) is 2.29. The Balaban J connectivity index is 2.86. The Morgan fingerprint density at radius 1 is 1.12 bits per heavy atom. The van der Waals surface area contributed by atoms with Gasteiger partial charge in [0.2, 0.25) is 0 Å². The summed E-state index contributed by atoms with van der Waals surface area (Å²) >= 11 is 0. The minimum absolute atomic E-state index is 0.0897. The van der Waals surface area contributed by atoms with Gasteiger partial charge in [-0.3, -0.25) is 0 Å². The van der Waals surface area contributed by atoms with Crippen LogP contribution in [0.5, 0.6) is 0 Å². The number of hydrogen-bond acceptors (Lipinski definition) is 4. The van der Waals surface area contributed by atoms with Crippen LogP contribution in [-0.2, 0) is 23.5 Å². The molecule has 0 spiro atoms. The summed E-state index contributed by atoms with van der Waals surface area (Å²) < 4.78 is 27.2. The highest BCUT2D eigenvalue weighted by Gasteiger charge is 2.38. The predicted octanol–water partition coefficient (Wildman–Crippen LogP) is 1.43. The summed E-state index contributed by atoms with van der Waals surface area (Å²) in [5.74, 6) is 4.75. The third kappa shape index (κ3) is 1.68. The molecule has 0 amide bonds. The molecule has 6 heteroatoms. The van der Waals surface area contributed by atoms with E-state index in [9.17, 15) is 8.76 Å². The van der Waals surface area contributed by atoms with Crippen molar-refractivity contribution >= 4 is 27.0 Å². The van der Waals surface area contributed by atoms with E-state index in [4.69, 9.17) is 11.6 Å².